The molecule has 3 nitrogen and oxygen atoms in total. The zero-order valence-electron chi connectivity index (χ0n) is 11.9. The van der Waals surface area contributed by atoms with Crippen LogP contribution in [0.1, 0.15) is 33.1 Å². The SMILES string of the molecule is C=C(C/C=C(\C)C(F)(F)F)NCC(=O)N1CCC[C@@H]1C. The lowest BCUT2D eigenvalue weighted by atomic mass is 10.2. The smallest absolute Gasteiger partial charge is 0.380 e. The minimum absolute atomic E-state index is 0.0346. The van der Waals surface area contributed by atoms with Gasteiger partial charge in [-0.15, -0.1) is 0 Å². The van der Waals surface area contributed by atoms with Crippen molar-refractivity contribution in [1.29, 1.82) is 0 Å². The second kappa shape index (κ2) is 6.81. The molecule has 1 N–H and O–H groups in total. The number of likely N-dealkylation sites (tertiary alicyclic amines) is 1. The van der Waals surface area contributed by atoms with E-state index in [0.717, 1.165) is 32.4 Å². The summed E-state index contributed by atoms with van der Waals surface area (Å²) in [7, 11) is 0. The van der Waals surface area contributed by atoms with Gasteiger partial charge < -0.3 is 10.2 Å². The molecule has 0 saturated carbocycles. The fourth-order valence-corrected chi connectivity index (χ4v) is 2.07. The molecule has 0 spiro atoms. The first-order valence-electron chi connectivity index (χ1n) is 6.67. The number of allylic oxidation sites excluding steroid dienone is 2. The van der Waals surface area contributed by atoms with E-state index in [1.807, 2.05) is 6.92 Å². The normalized spacial score (nSPS) is 20.1. The van der Waals surface area contributed by atoms with Gasteiger partial charge in [0, 0.05) is 30.3 Å². The number of carbonyl (C=O) groups excluding carboxylic acids is 1. The van der Waals surface area contributed by atoms with E-state index in [2.05, 4.69) is 11.9 Å². The Morgan fingerprint density at radius 2 is 2.15 bits per heavy atom. The molecule has 20 heavy (non-hydrogen) atoms. The summed E-state index contributed by atoms with van der Waals surface area (Å²) in [6.07, 6.45) is -1.17. The molecule has 1 amide bonds. The minimum Gasteiger partial charge on any atom is -0.380 e. The molecule has 6 heteroatoms. The first-order chi connectivity index (χ1) is 9.21. The number of rotatable bonds is 5. The van der Waals surface area contributed by atoms with Crippen LogP contribution in [0, 0.1) is 0 Å². The number of hydrogen-bond donors (Lipinski definition) is 1. The van der Waals surface area contributed by atoms with Gasteiger partial charge in [-0.1, -0.05) is 12.7 Å². The van der Waals surface area contributed by atoms with E-state index in [1.165, 1.54) is 0 Å². The van der Waals surface area contributed by atoms with Gasteiger partial charge in [0.05, 0.1) is 6.54 Å². The van der Waals surface area contributed by atoms with Crippen LogP contribution >= 0.6 is 0 Å². The highest BCUT2D eigenvalue weighted by Gasteiger charge is 2.29. The molecule has 1 fully saturated rings. The molecule has 1 saturated heterocycles. The Kier molecular flexibility index (Phi) is 5.65. The maximum Gasteiger partial charge on any atom is 0.412 e. The van der Waals surface area contributed by atoms with Crippen molar-refractivity contribution in [2.75, 3.05) is 13.1 Å². The molecule has 1 aliphatic heterocycles. The molecule has 0 aromatic heterocycles. The van der Waals surface area contributed by atoms with Crippen molar-refractivity contribution in [2.45, 2.75) is 45.3 Å². The summed E-state index contributed by atoms with van der Waals surface area (Å²) in [4.78, 5) is 13.7. The van der Waals surface area contributed by atoms with Crippen LogP contribution in [0.5, 0.6) is 0 Å². The average Bonchev–Trinajstić information content (AvgIpc) is 2.78. The number of hydrogen-bond acceptors (Lipinski definition) is 2. The van der Waals surface area contributed by atoms with E-state index < -0.39 is 11.7 Å². The van der Waals surface area contributed by atoms with Crippen molar-refractivity contribution in [2.24, 2.45) is 0 Å². The van der Waals surface area contributed by atoms with Gasteiger partial charge in [-0.2, -0.15) is 13.2 Å². The summed E-state index contributed by atoms with van der Waals surface area (Å²) in [6.45, 7) is 7.48. The van der Waals surface area contributed by atoms with Crippen LogP contribution in [-0.2, 0) is 4.79 Å². The van der Waals surface area contributed by atoms with Gasteiger partial charge in [0.25, 0.3) is 0 Å². The molecular weight excluding hydrogens is 269 g/mol. The van der Waals surface area contributed by atoms with Gasteiger partial charge in [-0.3, -0.25) is 4.79 Å². The van der Waals surface area contributed by atoms with Crippen LogP contribution in [0.2, 0.25) is 0 Å². The Labute approximate surface area is 117 Å². The molecule has 0 aromatic rings. The fraction of sp³-hybridized carbons (Fsp3) is 0.643. The first-order valence-corrected chi connectivity index (χ1v) is 6.67. The highest BCUT2D eigenvalue weighted by atomic mass is 19.4. The summed E-state index contributed by atoms with van der Waals surface area (Å²) in [5.74, 6) is -0.0346. The molecule has 1 aliphatic rings. The number of halogens is 3. The van der Waals surface area contributed by atoms with Crippen molar-refractivity contribution < 1.29 is 18.0 Å². The highest BCUT2D eigenvalue weighted by molar-refractivity contribution is 5.79. The van der Waals surface area contributed by atoms with Crippen LogP contribution in [-0.4, -0.2) is 36.1 Å². The number of nitrogens with one attached hydrogen (secondary N) is 1. The van der Waals surface area contributed by atoms with Crippen molar-refractivity contribution in [3.63, 3.8) is 0 Å². The molecule has 114 valence electrons. The van der Waals surface area contributed by atoms with E-state index in [4.69, 9.17) is 0 Å². The van der Waals surface area contributed by atoms with E-state index in [0.29, 0.717) is 5.70 Å². The number of amides is 1. The van der Waals surface area contributed by atoms with Gasteiger partial charge in [0.15, 0.2) is 0 Å². The molecule has 1 rings (SSSR count). The van der Waals surface area contributed by atoms with Crippen LogP contribution in [0.3, 0.4) is 0 Å². The molecule has 1 atom stereocenters. The van der Waals surface area contributed by atoms with Crippen molar-refractivity contribution in [3.05, 3.63) is 23.9 Å². The standard InChI is InChI=1S/C14H21F3N2O/c1-10(14(15,16)17)6-7-11(2)18-9-13(20)19-8-4-5-12(19)3/h6,12,18H,2,4-5,7-9H2,1,3H3/b10-6+/t12-/m0/s1. The predicted octanol–water partition coefficient (Wildman–Crippen LogP) is 3.00. The third-order valence-electron chi connectivity index (χ3n) is 3.46. The van der Waals surface area contributed by atoms with Gasteiger partial charge in [0.1, 0.15) is 0 Å². The Balaban J connectivity index is 2.35. The Hall–Kier alpha value is -1.46. The monoisotopic (exact) mass is 290 g/mol. The number of carbonyl (C=O) groups is 1. The van der Waals surface area contributed by atoms with Crippen molar-refractivity contribution in [1.82, 2.24) is 10.2 Å². The molecule has 0 bridgehead atoms. The number of alkyl halides is 3. The van der Waals surface area contributed by atoms with E-state index in [9.17, 15) is 18.0 Å². The molecule has 0 aromatic carbocycles. The summed E-state index contributed by atoms with van der Waals surface area (Å²) in [5.41, 5.74) is -0.242. The van der Waals surface area contributed by atoms with E-state index >= 15 is 0 Å². The van der Waals surface area contributed by atoms with Crippen LogP contribution in [0.25, 0.3) is 0 Å². The Morgan fingerprint density at radius 3 is 2.65 bits per heavy atom. The summed E-state index contributed by atoms with van der Waals surface area (Å²) < 4.78 is 36.8. The molecular formula is C14H21F3N2O. The second-order valence-electron chi connectivity index (χ2n) is 5.12. The minimum atomic E-state index is -4.30. The third-order valence-corrected chi connectivity index (χ3v) is 3.46. The largest absolute Gasteiger partial charge is 0.412 e. The summed E-state index contributed by atoms with van der Waals surface area (Å²) in [5, 5.41) is 2.79. The lowest BCUT2D eigenvalue weighted by molar-refractivity contribution is -0.130. The topological polar surface area (TPSA) is 32.3 Å². The molecule has 1 heterocycles. The van der Waals surface area contributed by atoms with E-state index in [-0.39, 0.29) is 24.9 Å². The van der Waals surface area contributed by atoms with Crippen molar-refractivity contribution >= 4 is 5.91 Å². The number of nitrogens with zero attached hydrogens (tertiary/aromatic N) is 1. The average molecular weight is 290 g/mol. The Morgan fingerprint density at radius 1 is 1.50 bits per heavy atom. The lowest BCUT2D eigenvalue weighted by Crippen LogP contribution is -2.39. The third kappa shape index (κ3) is 4.90. The Bertz CT molecular complexity index is 402. The van der Waals surface area contributed by atoms with Crippen LogP contribution < -0.4 is 5.32 Å². The summed E-state index contributed by atoms with van der Waals surface area (Å²) >= 11 is 0. The first kappa shape index (κ1) is 16.6. The van der Waals surface area contributed by atoms with Gasteiger partial charge in [-0.05, 0) is 26.7 Å². The zero-order valence-corrected chi connectivity index (χ0v) is 11.9. The molecule has 0 unspecified atom stereocenters. The fourth-order valence-electron chi connectivity index (χ4n) is 2.07. The lowest BCUT2D eigenvalue weighted by Gasteiger charge is -2.22. The molecule has 0 radical (unpaired) electrons. The van der Waals surface area contributed by atoms with Crippen molar-refractivity contribution in [3.8, 4) is 0 Å². The highest BCUT2D eigenvalue weighted by Crippen LogP contribution is 2.25. The van der Waals surface area contributed by atoms with Gasteiger partial charge >= 0.3 is 6.18 Å². The van der Waals surface area contributed by atoms with Crippen LogP contribution in [0.15, 0.2) is 23.9 Å². The van der Waals surface area contributed by atoms with Gasteiger partial charge in [0.2, 0.25) is 5.91 Å². The maximum atomic E-state index is 12.3. The maximum absolute atomic E-state index is 12.3. The van der Waals surface area contributed by atoms with E-state index in [1.54, 1.807) is 4.90 Å². The second-order valence-corrected chi connectivity index (χ2v) is 5.12. The van der Waals surface area contributed by atoms with Gasteiger partial charge in [-0.25, -0.2) is 0 Å². The quantitative estimate of drug-likeness (QED) is 0.789. The summed E-state index contributed by atoms with van der Waals surface area (Å²) in [6, 6.07) is 0.241. The molecule has 0 aliphatic carbocycles. The van der Waals surface area contributed by atoms with Crippen LogP contribution in [0.4, 0.5) is 13.2 Å². The zero-order chi connectivity index (χ0) is 15.3. The predicted molar refractivity (Wildman–Crippen MR) is 72.0 cm³/mol.